The van der Waals surface area contributed by atoms with Gasteiger partial charge in [0, 0.05) is 25.7 Å². The Morgan fingerprint density at radius 2 is 1.80 bits per heavy atom. The topological polar surface area (TPSA) is 35.9 Å². The summed E-state index contributed by atoms with van der Waals surface area (Å²) in [7, 11) is 2.16. The molecule has 1 N–H and O–H groups in total. The summed E-state index contributed by atoms with van der Waals surface area (Å²) in [4.78, 5) is 4.75. The van der Waals surface area contributed by atoms with Crippen LogP contribution in [-0.2, 0) is 6.61 Å². The van der Waals surface area contributed by atoms with Crippen LogP contribution < -0.4 is 4.74 Å². The van der Waals surface area contributed by atoms with Crippen LogP contribution in [0.15, 0.2) is 54.6 Å². The van der Waals surface area contributed by atoms with E-state index in [9.17, 15) is 5.11 Å². The molecule has 0 amide bonds. The van der Waals surface area contributed by atoms with E-state index in [1.165, 1.54) is 0 Å². The van der Waals surface area contributed by atoms with Crippen molar-refractivity contribution in [2.75, 3.05) is 33.3 Å². The van der Waals surface area contributed by atoms with Crippen molar-refractivity contribution in [1.82, 2.24) is 9.80 Å². The Morgan fingerprint density at radius 3 is 2.44 bits per heavy atom. The second-order valence-electron chi connectivity index (χ2n) is 6.87. The number of likely N-dealkylation sites (N-methyl/N-ethyl adjacent to an activating group) is 1. The number of piperazine rings is 1. The Morgan fingerprint density at radius 1 is 1.08 bits per heavy atom. The van der Waals surface area contributed by atoms with Gasteiger partial charge in [-0.05, 0) is 37.2 Å². The van der Waals surface area contributed by atoms with E-state index in [1.54, 1.807) is 0 Å². The van der Waals surface area contributed by atoms with E-state index in [2.05, 4.69) is 48.0 Å². The third-order valence-corrected chi connectivity index (χ3v) is 5.12. The number of hydrogen-bond donors (Lipinski definition) is 1. The lowest BCUT2D eigenvalue weighted by Crippen LogP contribution is -2.51. The fraction of sp³-hybridized carbons (Fsp3) is 0.429. The maximum Gasteiger partial charge on any atom is 0.119 e. The minimum Gasteiger partial charge on any atom is -0.489 e. The number of nitrogens with zero attached hydrogens (tertiary/aromatic N) is 2. The van der Waals surface area contributed by atoms with E-state index in [4.69, 9.17) is 4.74 Å². The molecule has 0 aromatic heterocycles. The molecule has 1 saturated heterocycles. The first-order chi connectivity index (χ1) is 12.2. The van der Waals surface area contributed by atoms with Crippen LogP contribution in [0.25, 0.3) is 0 Å². The van der Waals surface area contributed by atoms with Crippen molar-refractivity contribution in [3.05, 3.63) is 65.7 Å². The highest BCUT2D eigenvalue weighted by atomic mass is 16.5. The van der Waals surface area contributed by atoms with Crippen LogP contribution in [-0.4, -0.2) is 54.2 Å². The van der Waals surface area contributed by atoms with Gasteiger partial charge in [-0.15, -0.1) is 0 Å². The highest BCUT2D eigenvalue weighted by Gasteiger charge is 2.27. The average molecular weight is 340 g/mol. The van der Waals surface area contributed by atoms with Gasteiger partial charge in [0.25, 0.3) is 0 Å². The van der Waals surface area contributed by atoms with Crippen molar-refractivity contribution in [1.29, 1.82) is 0 Å². The van der Waals surface area contributed by atoms with Crippen LogP contribution in [0.3, 0.4) is 0 Å². The predicted octanol–water partition coefficient (Wildman–Crippen LogP) is 2.93. The molecule has 0 spiro atoms. The van der Waals surface area contributed by atoms with Crippen molar-refractivity contribution in [3.63, 3.8) is 0 Å². The predicted molar refractivity (Wildman–Crippen MR) is 101 cm³/mol. The van der Waals surface area contributed by atoms with Gasteiger partial charge in [-0.2, -0.15) is 0 Å². The summed E-state index contributed by atoms with van der Waals surface area (Å²) < 4.78 is 5.85. The molecule has 25 heavy (non-hydrogen) atoms. The molecule has 2 atom stereocenters. The largest absolute Gasteiger partial charge is 0.489 e. The third-order valence-electron chi connectivity index (χ3n) is 5.12. The Hall–Kier alpha value is -1.88. The SMILES string of the molecule is CC1CN(C(CO)c2ccc(OCc3ccccc3)cc2)CCN1C. The molecule has 0 saturated carbocycles. The van der Waals surface area contributed by atoms with Crippen molar-refractivity contribution < 1.29 is 9.84 Å². The van der Waals surface area contributed by atoms with E-state index in [0.29, 0.717) is 12.6 Å². The summed E-state index contributed by atoms with van der Waals surface area (Å²) in [5.74, 6) is 0.857. The first kappa shape index (κ1) is 17.9. The first-order valence-corrected chi connectivity index (χ1v) is 8.99. The number of hydrogen-bond acceptors (Lipinski definition) is 4. The van der Waals surface area contributed by atoms with Gasteiger partial charge in [-0.25, -0.2) is 0 Å². The number of rotatable bonds is 6. The first-order valence-electron chi connectivity index (χ1n) is 8.99. The molecule has 1 heterocycles. The molecule has 0 aliphatic carbocycles. The van der Waals surface area contributed by atoms with Crippen LogP contribution in [0, 0.1) is 0 Å². The lowest BCUT2D eigenvalue weighted by atomic mass is 10.0. The molecule has 3 rings (SSSR count). The van der Waals surface area contributed by atoms with Crippen LogP contribution >= 0.6 is 0 Å². The van der Waals surface area contributed by atoms with Crippen molar-refractivity contribution in [2.24, 2.45) is 0 Å². The second kappa shape index (κ2) is 8.48. The van der Waals surface area contributed by atoms with Gasteiger partial charge in [0.05, 0.1) is 12.6 Å². The van der Waals surface area contributed by atoms with Gasteiger partial charge >= 0.3 is 0 Å². The number of ether oxygens (including phenoxy) is 1. The smallest absolute Gasteiger partial charge is 0.119 e. The summed E-state index contributed by atoms with van der Waals surface area (Å²) >= 11 is 0. The summed E-state index contributed by atoms with van der Waals surface area (Å²) in [6.07, 6.45) is 0. The van der Waals surface area contributed by atoms with Crippen LogP contribution in [0.4, 0.5) is 0 Å². The van der Waals surface area contributed by atoms with Crippen LogP contribution in [0.1, 0.15) is 24.1 Å². The number of benzene rings is 2. The number of aliphatic hydroxyl groups excluding tert-OH is 1. The highest BCUT2D eigenvalue weighted by Crippen LogP contribution is 2.25. The lowest BCUT2D eigenvalue weighted by molar-refractivity contribution is 0.0463. The summed E-state index contributed by atoms with van der Waals surface area (Å²) in [6, 6.07) is 18.9. The quantitative estimate of drug-likeness (QED) is 0.877. The maximum atomic E-state index is 9.92. The fourth-order valence-corrected chi connectivity index (χ4v) is 3.32. The van der Waals surface area contributed by atoms with E-state index in [1.807, 2.05) is 30.3 Å². The standard InChI is InChI=1S/C21H28N2O2/c1-17-14-23(13-12-22(17)2)21(15-24)19-8-10-20(11-9-19)25-16-18-6-4-3-5-7-18/h3-11,17,21,24H,12-16H2,1-2H3. The summed E-state index contributed by atoms with van der Waals surface area (Å²) in [5, 5.41) is 9.92. The molecule has 134 valence electrons. The van der Waals surface area contributed by atoms with Crippen molar-refractivity contribution in [3.8, 4) is 5.75 Å². The Balaban J connectivity index is 1.62. The zero-order chi connectivity index (χ0) is 17.6. The molecule has 2 aromatic carbocycles. The summed E-state index contributed by atoms with van der Waals surface area (Å²) in [6.45, 7) is 5.95. The fourth-order valence-electron chi connectivity index (χ4n) is 3.32. The molecule has 4 heteroatoms. The van der Waals surface area contributed by atoms with Gasteiger partial charge in [0.2, 0.25) is 0 Å². The normalized spacial score (nSPS) is 20.4. The van der Waals surface area contributed by atoms with Gasteiger partial charge in [0.1, 0.15) is 12.4 Å². The van der Waals surface area contributed by atoms with Crippen molar-refractivity contribution >= 4 is 0 Å². The molecule has 1 fully saturated rings. The third kappa shape index (κ3) is 4.60. The van der Waals surface area contributed by atoms with Crippen LogP contribution in [0.5, 0.6) is 5.75 Å². The van der Waals surface area contributed by atoms with E-state index >= 15 is 0 Å². The van der Waals surface area contributed by atoms with Crippen LogP contribution in [0.2, 0.25) is 0 Å². The molecule has 1 aliphatic rings. The Labute approximate surface area is 150 Å². The maximum absolute atomic E-state index is 9.92. The number of aliphatic hydroxyl groups is 1. The molecule has 2 aromatic rings. The zero-order valence-corrected chi connectivity index (χ0v) is 15.1. The highest BCUT2D eigenvalue weighted by molar-refractivity contribution is 5.30. The summed E-state index contributed by atoms with van der Waals surface area (Å²) in [5.41, 5.74) is 2.30. The molecule has 4 nitrogen and oxygen atoms in total. The average Bonchev–Trinajstić information content (AvgIpc) is 2.65. The monoisotopic (exact) mass is 340 g/mol. The minimum atomic E-state index is 0.0549. The molecular formula is C21H28N2O2. The minimum absolute atomic E-state index is 0.0549. The Bertz CT molecular complexity index is 645. The second-order valence-corrected chi connectivity index (χ2v) is 6.87. The van der Waals surface area contributed by atoms with Gasteiger partial charge in [0.15, 0.2) is 0 Å². The van der Waals surface area contributed by atoms with E-state index < -0.39 is 0 Å². The molecule has 0 bridgehead atoms. The lowest BCUT2D eigenvalue weighted by Gasteiger charge is -2.41. The van der Waals surface area contributed by atoms with E-state index in [0.717, 1.165) is 36.5 Å². The Kier molecular flexibility index (Phi) is 6.08. The van der Waals surface area contributed by atoms with E-state index in [-0.39, 0.29) is 12.6 Å². The van der Waals surface area contributed by atoms with Crippen molar-refractivity contribution in [2.45, 2.75) is 25.6 Å². The molecule has 2 unspecified atom stereocenters. The van der Waals surface area contributed by atoms with Gasteiger partial charge in [-0.3, -0.25) is 4.90 Å². The zero-order valence-electron chi connectivity index (χ0n) is 15.1. The van der Waals surface area contributed by atoms with Gasteiger partial charge in [-0.1, -0.05) is 42.5 Å². The molecule has 1 aliphatic heterocycles. The molecular weight excluding hydrogens is 312 g/mol. The van der Waals surface area contributed by atoms with Gasteiger partial charge < -0.3 is 14.7 Å². The molecule has 0 radical (unpaired) electrons.